The smallest absolute Gasteiger partial charge is 0.135 e. The number of furan rings is 2. The minimum Gasteiger partial charge on any atom is -0.510 e. The number of para-hydroxylation sites is 3. The van der Waals surface area contributed by atoms with Crippen LogP contribution in [0.15, 0.2) is 137 Å². The standard InChI is InChI=1S/C39H25N4O3.Pt/c1-41-19-20-42(25-41)31-21-27(23-35-38(31)29-13-5-7-15-33(29)45-35)44-28-22-32(39-30-14-6-8-16-34(30)46-36(39)24-28)43(26-11-3-2-4-12-26)37-17-9-10-18-40-37;/h2-20,23-25H,1H3;/q-3;. The van der Waals surface area contributed by atoms with Crippen molar-refractivity contribution in [1.82, 2.24) is 9.88 Å². The number of hydrogen-bond donors (Lipinski definition) is 0. The van der Waals surface area contributed by atoms with Crippen molar-refractivity contribution in [2.75, 3.05) is 16.8 Å². The minimum atomic E-state index is 0. The number of aromatic nitrogens is 1. The van der Waals surface area contributed by atoms with E-state index in [-0.39, 0.29) is 21.1 Å². The zero-order valence-corrected chi connectivity index (χ0v) is 27.3. The molecule has 3 aromatic heterocycles. The van der Waals surface area contributed by atoms with Gasteiger partial charge in [0.05, 0.1) is 0 Å². The molecule has 1 aliphatic heterocycles. The van der Waals surface area contributed by atoms with Crippen LogP contribution in [0.1, 0.15) is 0 Å². The van der Waals surface area contributed by atoms with Gasteiger partial charge in [-0.05, 0) is 66.6 Å². The third kappa shape index (κ3) is 5.00. The number of nitrogens with zero attached hydrogens (tertiary/aromatic N) is 4. The molecule has 8 heteroatoms. The van der Waals surface area contributed by atoms with Gasteiger partial charge in [0.15, 0.2) is 0 Å². The number of pyridine rings is 1. The topological polar surface area (TPSA) is 58.1 Å². The van der Waals surface area contributed by atoms with E-state index in [9.17, 15) is 0 Å². The first kappa shape index (κ1) is 28.9. The van der Waals surface area contributed by atoms with E-state index in [1.807, 2.05) is 121 Å². The normalized spacial score (nSPS) is 12.8. The monoisotopic (exact) mass is 792 g/mol. The number of anilines is 4. The summed E-state index contributed by atoms with van der Waals surface area (Å²) in [5.74, 6) is 1.69. The molecule has 0 saturated carbocycles. The number of ether oxygens (including phenoxy) is 1. The molecule has 1 aliphatic rings. The minimum absolute atomic E-state index is 0. The largest absolute Gasteiger partial charge is 0.510 e. The molecular weight excluding hydrogens is 768 g/mol. The van der Waals surface area contributed by atoms with Gasteiger partial charge < -0.3 is 28.3 Å². The van der Waals surface area contributed by atoms with Gasteiger partial charge in [0.25, 0.3) is 0 Å². The molecule has 47 heavy (non-hydrogen) atoms. The molecule has 0 atom stereocenters. The summed E-state index contributed by atoms with van der Waals surface area (Å²) < 4.78 is 19.4. The number of hydrogen-bond acceptors (Lipinski definition) is 7. The van der Waals surface area contributed by atoms with Gasteiger partial charge >= 0.3 is 0 Å². The Hall–Kier alpha value is -5.52. The Morgan fingerprint density at radius 1 is 0.702 bits per heavy atom. The fourth-order valence-corrected chi connectivity index (χ4v) is 6.10. The summed E-state index contributed by atoms with van der Waals surface area (Å²) in [6, 6.07) is 42.9. The Labute approximate surface area is 285 Å². The molecule has 0 amide bonds. The van der Waals surface area contributed by atoms with Crippen LogP contribution in [0.2, 0.25) is 0 Å². The summed E-state index contributed by atoms with van der Waals surface area (Å²) in [7, 11) is 1.99. The molecule has 0 fully saturated rings. The molecule has 4 heterocycles. The van der Waals surface area contributed by atoms with E-state index in [0.717, 1.165) is 55.6 Å². The average Bonchev–Trinajstić information content (AvgIpc) is 3.80. The summed E-state index contributed by atoms with van der Waals surface area (Å²) in [6.07, 6.45) is 5.77. The molecular formula is C39H25N4O3Pt-3. The molecule has 7 nitrogen and oxygen atoms in total. The third-order valence-electron chi connectivity index (χ3n) is 8.09. The molecule has 5 aromatic carbocycles. The van der Waals surface area contributed by atoms with Crippen molar-refractivity contribution in [1.29, 1.82) is 0 Å². The fraction of sp³-hybridized carbons (Fsp3) is 0.0256. The number of benzene rings is 5. The van der Waals surface area contributed by atoms with E-state index in [2.05, 4.69) is 41.3 Å². The van der Waals surface area contributed by atoms with Gasteiger partial charge in [-0.1, -0.05) is 94.9 Å². The Kier molecular flexibility index (Phi) is 7.19. The van der Waals surface area contributed by atoms with E-state index in [1.165, 1.54) is 0 Å². The number of fused-ring (bicyclic) bond motifs is 6. The third-order valence-corrected chi connectivity index (χ3v) is 8.09. The van der Waals surface area contributed by atoms with Gasteiger partial charge in [-0.25, -0.2) is 4.98 Å². The van der Waals surface area contributed by atoms with E-state index < -0.39 is 0 Å². The zero-order valence-electron chi connectivity index (χ0n) is 25.0. The number of rotatable bonds is 6. The summed E-state index contributed by atoms with van der Waals surface area (Å²) in [4.78, 5) is 10.8. The molecule has 8 aromatic rings. The SMILES string of the molecule is CN1C=CN(c2[c-]c(Oc3[c-]c(N(c4ccccc4)c4ccccn4)c4c(c3)oc3ccccc34)cc3oc4ccccc4c23)[CH-]1.[Pt]. The summed E-state index contributed by atoms with van der Waals surface area (Å²) >= 11 is 0. The quantitative estimate of drug-likeness (QED) is 0.156. The van der Waals surface area contributed by atoms with E-state index in [1.54, 1.807) is 6.20 Å². The van der Waals surface area contributed by atoms with Crippen molar-refractivity contribution in [2.24, 2.45) is 0 Å². The Balaban J connectivity index is 0.00000324. The van der Waals surface area contributed by atoms with E-state index in [0.29, 0.717) is 22.7 Å². The average molecular weight is 793 g/mol. The van der Waals surface area contributed by atoms with Crippen LogP contribution >= 0.6 is 0 Å². The van der Waals surface area contributed by atoms with Crippen molar-refractivity contribution in [2.45, 2.75) is 0 Å². The molecule has 9 rings (SSSR count). The maximum absolute atomic E-state index is 6.62. The van der Waals surface area contributed by atoms with E-state index >= 15 is 0 Å². The molecule has 0 bridgehead atoms. The van der Waals surface area contributed by atoms with Crippen LogP contribution in [-0.4, -0.2) is 16.9 Å². The van der Waals surface area contributed by atoms with Gasteiger partial charge in [0.1, 0.15) is 17.0 Å². The second kappa shape index (κ2) is 11.7. The van der Waals surface area contributed by atoms with Crippen molar-refractivity contribution in [3.05, 3.63) is 147 Å². The van der Waals surface area contributed by atoms with E-state index in [4.69, 9.17) is 18.6 Å². The van der Waals surface area contributed by atoms with Crippen molar-refractivity contribution in [3.8, 4) is 11.5 Å². The Morgan fingerprint density at radius 3 is 2.02 bits per heavy atom. The molecule has 0 radical (unpaired) electrons. The second-order valence-electron chi connectivity index (χ2n) is 11.1. The predicted octanol–water partition coefficient (Wildman–Crippen LogP) is 10.1. The summed E-state index contributed by atoms with van der Waals surface area (Å²) in [5, 5.41) is 3.86. The van der Waals surface area contributed by atoms with Gasteiger partial charge in [0.2, 0.25) is 0 Å². The predicted molar refractivity (Wildman–Crippen MR) is 181 cm³/mol. The van der Waals surface area contributed by atoms with Crippen LogP contribution in [0.3, 0.4) is 0 Å². The molecule has 0 aliphatic carbocycles. The maximum atomic E-state index is 6.62. The van der Waals surface area contributed by atoms with Gasteiger partial charge in [-0.2, -0.15) is 6.67 Å². The van der Waals surface area contributed by atoms with Gasteiger partial charge in [0, 0.05) is 55.6 Å². The summed E-state index contributed by atoms with van der Waals surface area (Å²) in [5.41, 5.74) is 5.45. The molecule has 0 unspecified atom stereocenters. The molecule has 0 saturated heterocycles. The van der Waals surface area contributed by atoms with Crippen LogP contribution in [0, 0.1) is 18.8 Å². The second-order valence-corrected chi connectivity index (χ2v) is 11.1. The van der Waals surface area contributed by atoms with Crippen molar-refractivity contribution >= 4 is 66.8 Å². The fourth-order valence-electron chi connectivity index (χ4n) is 6.10. The molecule has 0 spiro atoms. The van der Waals surface area contributed by atoms with Crippen molar-refractivity contribution in [3.63, 3.8) is 0 Å². The first-order valence-electron chi connectivity index (χ1n) is 14.9. The zero-order chi connectivity index (χ0) is 30.6. The Morgan fingerprint density at radius 2 is 1.34 bits per heavy atom. The van der Waals surface area contributed by atoms with Crippen molar-refractivity contribution < 1.29 is 34.6 Å². The summed E-state index contributed by atoms with van der Waals surface area (Å²) in [6.45, 7) is 1.99. The molecule has 0 N–H and O–H groups in total. The van der Waals surface area contributed by atoms with Crippen LogP contribution in [0.4, 0.5) is 22.9 Å². The van der Waals surface area contributed by atoms with Gasteiger partial charge in [-0.3, -0.25) is 0 Å². The van der Waals surface area contributed by atoms with Crippen LogP contribution in [-0.2, 0) is 21.1 Å². The van der Waals surface area contributed by atoms with Crippen LogP contribution in [0.25, 0.3) is 43.9 Å². The van der Waals surface area contributed by atoms with Crippen LogP contribution < -0.4 is 14.5 Å². The van der Waals surface area contributed by atoms with Crippen LogP contribution in [0.5, 0.6) is 11.5 Å². The maximum Gasteiger partial charge on any atom is 0.135 e. The first-order chi connectivity index (χ1) is 22.7. The molecule has 232 valence electrons. The Bertz CT molecular complexity index is 2380. The van der Waals surface area contributed by atoms with Gasteiger partial charge in [-0.15, -0.1) is 12.1 Å². The first-order valence-corrected chi connectivity index (χ1v) is 14.9.